The second-order valence-corrected chi connectivity index (χ2v) is 5.58. The Morgan fingerprint density at radius 1 is 1.22 bits per heavy atom. The van der Waals surface area contributed by atoms with E-state index in [0.717, 1.165) is 37.1 Å². The van der Waals surface area contributed by atoms with Crippen LogP contribution in [0.15, 0.2) is 36.4 Å². The van der Waals surface area contributed by atoms with E-state index < -0.39 is 0 Å². The summed E-state index contributed by atoms with van der Waals surface area (Å²) in [4.78, 5) is 4.61. The van der Waals surface area contributed by atoms with Crippen LogP contribution in [0.2, 0.25) is 5.02 Å². The lowest BCUT2D eigenvalue weighted by atomic mass is 10.1. The van der Waals surface area contributed by atoms with E-state index in [0.29, 0.717) is 0 Å². The fourth-order valence-electron chi connectivity index (χ4n) is 1.85. The van der Waals surface area contributed by atoms with Gasteiger partial charge in [0.05, 0.1) is 15.2 Å². The maximum Gasteiger partial charge on any atom is 0.124 e. The molecule has 3 rings (SSSR count). The summed E-state index contributed by atoms with van der Waals surface area (Å²) in [5.41, 5.74) is 9.72. The van der Waals surface area contributed by atoms with E-state index in [1.54, 1.807) is 11.3 Å². The Labute approximate surface area is 114 Å². The maximum absolute atomic E-state index is 6.16. The molecule has 0 radical (unpaired) electrons. The van der Waals surface area contributed by atoms with Gasteiger partial charge in [-0.2, -0.15) is 0 Å². The minimum absolute atomic E-state index is 0.753. The minimum Gasteiger partial charge on any atom is -0.399 e. The van der Waals surface area contributed by atoms with Gasteiger partial charge < -0.3 is 5.73 Å². The van der Waals surface area contributed by atoms with Crippen LogP contribution in [-0.4, -0.2) is 4.98 Å². The van der Waals surface area contributed by atoms with E-state index in [1.807, 2.05) is 37.3 Å². The number of anilines is 1. The molecule has 2 nitrogen and oxygen atoms in total. The largest absolute Gasteiger partial charge is 0.399 e. The van der Waals surface area contributed by atoms with Crippen molar-refractivity contribution in [3.05, 3.63) is 47.0 Å². The Kier molecular flexibility index (Phi) is 2.73. The standard InChI is InChI=1S/C14H11ClN2S/c1-8-7-9(5-6-11(8)16)14-17-12-4-2-3-10(15)13(12)18-14/h2-7H,16H2,1H3. The van der Waals surface area contributed by atoms with Gasteiger partial charge in [0.2, 0.25) is 0 Å². The van der Waals surface area contributed by atoms with E-state index in [4.69, 9.17) is 17.3 Å². The van der Waals surface area contributed by atoms with Gasteiger partial charge in [-0.25, -0.2) is 4.98 Å². The average Bonchev–Trinajstić information content (AvgIpc) is 2.78. The van der Waals surface area contributed by atoms with Gasteiger partial charge in [-0.15, -0.1) is 11.3 Å². The highest BCUT2D eigenvalue weighted by atomic mass is 35.5. The van der Waals surface area contributed by atoms with Crippen LogP contribution in [0.4, 0.5) is 5.69 Å². The summed E-state index contributed by atoms with van der Waals surface area (Å²) in [6.07, 6.45) is 0. The zero-order valence-electron chi connectivity index (χ0n) is 9.77. The first-order valence-electron chi connectivity index (χ1n) is 5.57. The zero-order chi connectivity index (χ0) is 12.7. The van der Waals surface area contributed by atoms with Crippen molar-refractivity contribution in [2.75, 3.05) is 5.73 Å². The quantitative estimate of drug-likeness (QED) is 0.663. The summed E-state index contributed by atoms with van der Waals surface area (Å²) >= 11 is 7.77. The molecule has 0 aliphatic carbocycles. The topological polar surface area (TPSA) is 38.9 Å². The van der Waals surface area contributed by atoms with Crippen molar-refractivity contribution < 1.29 is 0 Å². The van der Waals surface area contributed by atoms with E-state index >= 15 is 0 Å². The molecular weight excluding hydrogens is 264 g/mol. The van der Waals surface area contributed by atoms with E-state index in [9.17, 15) is 0 Å². The van der Waals surface area contributed by atoms with Gasteiger partial charge in [-0.05, 0) is 42.8 Å². The second-order valence-electron chi connectivity index (χ2n) is 4.18. The number of fused-ring (bicyclic) bond motifs is 1. The van der Waals surface area contributed by atoms with Crippen LogP contribution < -0.4 is 5.73 Å². The van der Waals surface area contributed by atoms with Crippen LogP contribution in [0, 0.1) is 6.92 Å². The third-order valence-corrected chi connectivity index (χ3v) is 4.46. The first kappa shape index (κ1) is 11.5. The number of benzene rings is 2. The molecule has 18 heavy (non-hydrogen) atoms. The molecule has 2 N–H and O–H groups in total. The number of thiazole rings is 1. The van der Waals surface area contributed by atoms with Crippen LogP contribution >= 0.6 is 22.9 Å². The molecule has 0 spiro atoms. The molecule has 0 amide bonds. The average molecular weight is 275 g/mol. The van der Waals surface area contributed by atoms with Crippen molar-refractivity contribution in [3.8, 4) is 10.6 Å². The molecule has 0 atom stereocenters. The lowest BCUT2D eigenvalue weighted by Crippen LogP contribution is -1.89. The first-order chi connectivity index (χ1) is 8.65. The van der Waals surface area contributed by atoms with Crippen LogP contribution in [0.25, 0.3) is 20.8 Å². The summed E-state index contributed by atoms with van der Waals surface area (Å²) in [5.74, 6) is 0. The zero-order valence-corrected chi connectivity index (χ0v) is 11.3. The summed E-state index contributed by atoms with van der Waals surface area (Å²) < 4.78 is 1.03. The van der Waals surface area contributed by atoms with Gasteiger partial charge >= 0.3 is 0 Å². The molecule has 3 aromatic rings. The molecule has 4 heteroatoms. The lowest BCUT2D eigenvalue weighted by Gasteiger charge is -2.01. The Balaban J connectivity index is 2.19. The number of halogens is 1. The van der Waals surface area contributed by atoms with E-state index in [2.05, 4.69) is 11.1 Å². The molecule has 1 heterocycles. The van der Waals surface area contributed by atoms with Gasteiger partial charge in [0.15, 0.2) is 0 Å². The number of aromatic nitrogens is 1. The van der Waals surface area contributed by atoms with Crippen LogP contribution in [0.1, 0.15) is 5.56 Å². The highest BCUT2D eigenvalue weighted by molar-refractivity contribution is 7.22. The minimum atomic E-state index is 0.753. The van der Waals surface area contributed by atoms with Crippen LogP contribution in [-0.2, 0) is 0 Å². The summed E-state index contributed by atoms with van der Waals surface area (Å²) in [6, 6.07) is 11.8. The molecule has 0 fully saturated rings. The van der Waals surface area contributed by atoms with Crippen LogP contribution in [0.5, 0.6) is 0 Å². The number of hydrogen-bond donors (Lipinski definition) is 1. The Morgan fingerprint density at radius 2 is 2.06 bits per heavy atom. The Bertz CT molecular complexity index is 734. The molecule has 0 unspecified atom stereocenters. The summed E-state index contributed by atoms with van der Waals surface area (Å²) in [7, 11) is 0. The SMILES string of the molecule is Cc1cc(-c2nc3cccc(Cl)c3s2)ccc1N. The van der Waals surface area contributed by atoms with Crippen molar-refractivity contribution in [2.45, 2.75) is 6.92 Å². The van der Waals surface area contributed by atoms with Gasteiger partial charge in [-0.1, -0.05) is 17.7 Å². The monoisotopic (exact) mass is 274 g/mol. The van der Waals surface area contributed by atoms with Gasteiger partial charge in [0.1, 0.15) is 5.01 Å². The number of rotatable bonds is 1. The predicted molar refractivity (Wildman–Crippen MR) is 79.2 cm³/mol. The number of nitrogen functional groups attached to an aromatic ring is 1. The van der Waals surface area contributed by atoms with Crippen molar-refractivity contribution in [2.24, 2.45) is 0 Å². The number of hydrogen-bond acceptors (Lipinski definition) is 3. The summed E-state index contributed by atoms with van der Waals surface area (Å²) in [5, 5.41) is 1.73. The Hall–Kier alpha value is -1.58. The molecule has 90 valence electrons. The molecule has 0 bridgehead atoms. The number of aryl methyl sites for hydroxylation is 1. The normalized spacial score (nSPS) is 11.0. The van der Waals surface area contributed by atoms with Crippen molar-refractivity contribution in [3.63, 3.8) is 0 Å². The lowest BCUT2D eigenvalue weighted by molar-refractivity contribution is 1.43. The number of nitrogens with two attached hydrogens (primary N) is 1. The molecule has 0 aliphatic rings. The fourth-order valence-corrected chi connectivity index (χ4v) is 3.10. The number of nitrogens with zero attached hydrogens (tertiary/aromatic N) is 1. The highest BCUT2D eigenvalue weighted by Crippen LogP contribution is 2.35. The van der Waals surface area contributed by atoms with Gasteiger partial charge in [-0.3, -0.25) is 0 Å². The van der Waals surface area contributed by atoms with E-state index in [-0.39, 0.29) is 0 Å². The van der Waals surface area contributed by atoms with E-state index in [1.165, 1.54) is 0 Å². The molecule has 1 aromatic heterocycles. The second kappa shape index (κ2) is 4.26. The Morgan fingerprint density at radius 3 is 2.78 bits per heavy atom. The van der Waals surface area contributed by atoms with Gasteiger partial charge in [0, 0.05) is 11.3 Å². The molecular formula is C14H11ClN2S. The molecule has 0 saturated heterocycles. The van der Waals surface area contributed by atoms with Crippen molar-refractivity contribution >= 4 is 38.8 Å². The van der Waals surface area contributed by atoms with Gasteiger partial charge in [0.25, 0.3) is 0 Å². The third kappa shape index (κ3) is 1.85. The predicted octanol–water partition coefficient (Wildman–Crippen LogP) is 4.51. The van der Waals surface area contributed by atoms with Crippen molar-refractivity contribution in [1.29, 1.82) is 0 Å². The highest BCUT2D eigenvalue weighted by Gasteiger charge is 2.09. The van der Waals surface area contributed by atoms with Crippen LogP contribution in [0.3, 0.4) is 0 Å². The molecule has 2 aromatic carbocycles. The smallest absolute Gasteiger partial charge is 0.124 e. The third-order valence-electron chi connectivity index (χ3n) is 2.88. The maximum atomic E-state index is 6.16. The first-order valence-corrected chi connectivity index (χ1v) is 6.76. The molecule has 0 aliphatic heterocycles. The van der Waals surface area contributed by atoms with Crippen molar-refractivity contribution in [1.82, 2.24) is 4.98 Å². The summed E-state index contributed by atoms with van der Waals surface area (Å²) in [6.45, 7) is 2.00. The molecule has 0 saturated carbocycles. The fraction of sp³-hybridized carbons (Fsp3) is 0.0714.